The lowest BCUT2D eigenvalue weighted by Crippen LogP contribution is -2.47. The summed E-state index contributed by atoms with van der Waals surface area (Å²) in [5.74, 6) is 0.426. The van der Waals surface area contributed by atoms with Crippen molar-refractivity contribution in [3.05, 3.63) is 46.1 Å². The van der Waals surface area contributed by atoms with Crippen molar-refractivity contribution in [3.8, 4) is 11.4 Å². The molecule has 1 fully saturated rings. The fraction of sp³-hybridized carbons (Fsp3) is 0.524. The van der Waals surface area contributed by atoms with E-state index in [1.807, 2.05) is 6.07 Å². The molecule has 0 saturated carbocycles. The number of amides is 1. The van der Waals surface area contributed by atoms with E-state index in [2.05, 4.69) is 25.6 Å². The van der Waals surface area contributed by atoms with Crippen LogP contribution in [0.4, 0.5) is 0 Å². The molecule has 3 N–H and O–H groups in total. The third-order valence-electron chi connectivity index (χ3n) is 5.53. The number of halogens is 2. The maximum atomic E-state index is 12.5. The van der Waals surface area contributed by atoms with Crippen molar-refractivity contribution >= 4 is 30.7 Å². The topological polar surface area (TPSA) is 109 Å². The molecule has 3 heterocycles. The van der Waals surface area contributed by atoms with Crippen LogP contribution in [0.25, 0.3) is 11.4 Å². The van der Waals surface area contributed by atoms with Crippen molar-refractivity contribution in [2.24, 2.45) is 5.41 Å². The molecule has 0 radical (unpaired) electrons. The first kappa shape index (κ1) is 27.0. The number of aryl methyl sites for hydroxylation is 1. The van der Waals surface area contributed by atoms with Crippen LogP contribution < -0.4 is 16.2 Å². The molecule has 0 spiro atoms. The molecular weight excluding hydrogens is 441 g/mol. The van der Waals surface area contributed by atoms with Crippen molar-refractivity contribution < 1.29 is 9.53 Å². The van der Waals surface area contributed by atoms with Crippen molar-refractivity contribution in [1.29, 1.82) is 0 Å². The Hall–Kier alpha value is -2.00. The zero-order chi connectivity index (χ0) is 20.7. The summed E-state index contributed by atoms with van der Waals surface area (Å²) in [6.45, 7) is 4.89. The number of piperidine rings is 1. The van der Waals surface area contributed by atoms with E-state index in [9.17, 15) is 9.59 Å². The van der Waals surface area contributed by atoms with Gasteiger partial charge < -0.3 is 20.4 Å². The van der Waals surface area contributed by atoms with Gasteiger partial charge in [0.05, 0.1) is 6.61 Å². The number of carbonyl (C=O) groups excluding carboxylic acids is 1. The summed E-state index contributed by atoms with van der Waals surface area (Å²) in [5, 5.41) is 6.38. The van der Waals surface area contributed by atoms with Crippen LogP contribution in [-0.2, 0) is 16.0 Å². The van der Waals surface area contributed by atoms with E-state index >= 15 is 0 Å². The van der Waals surface area contributed by atoms with Gasteiger partial charge in [0.2, 0.25) is 5.91 Å². The van der Waals surface area contributed by atoms with Gasteiger partial charge in [0, 0.05) is 54.7 Å². The molecule has 1 saturated heterocycles. The second-order valence-corrected chi connectivity index (χ2v) is 7.68. The van der Waals surface area contributed by atoms with E-state index in [4.69, 9.17) is 4.74 Å². The highest BCUT2D eigenvalue weighted by Gasteiger charge is 2.32. The highest BCUT2D eigenvalue weighted by molar-refractivity contribution is 5.85. The number of rotatable bonds is 8. The first-order valence-electron chi connectivity index (χ1n) is 9.99. The maximum Gasteiger partial charge on any atom is 0.254 e. The molecule has 0 atom stereocenters. The van der Waals surface area contributed by atoms with Gasteiger partial charge >= 0.3 is 0 Å². The number of H-pyrrole nitrogens is 1. The SMILES string of the molecule is COCC1(CNC(=O)CCc2c(C)nc(-c3cccnc3)[nH]c2=O)CCNCC1.Cl.Cl. The first-order valence-corrected chi connectivity index (χ1v) is 9.99. The average Bonchev–Trinajstić information content (AvgIpc) is 2.73. The Morgan fingerprint density at radius 2 is 2.03 bits per heavy atom. The summed E-state index contributed by atoms with van der Waals surface area (Å²) < 4.78 is 5.39. The summed E-state index contributed by atoms with van der Waals surface area (Å²) in [5.41, 5.74) is 1.70. The second-order valence-electron chi connectivity index (χ2n) is 7.68. The van der Waals surface area contributed by atoms with Crippen LogP contribution in [0.2, 0.25) is 0 Å². The molecule has 172 valence electrons. The molecule has 10 heteroatoms. The summed E-state index contributed by atoms with van der Waals surface area (Å²) >= 11 is 0. The molecule has 1 aliphatic heterocycles. The number of ether oxygens (including phenoxy) is 1. The number of aromatic nitrogens is 3. The molecule has 2 aromatic rings. The molecule has 31 heavy (non-hydrogen) atoms. The molecular formula is C21H31Cl2N5O3. The lowest BCUT2D eigenvalue weighted by molar-refractivity contribution is -0.122. The van der Waals surface area contributed by atoms with Crippen LogP contribution in [0.5, 0.6) is 0 Å². The standard InChI is InChI=1S/C21H29N5O3.2ClH/c1-15-17(20(28)26-19(25-15)16-4-3-9-23-12-16)5-6-18(27)24-13-21(14-29-2)7-10-22-11-8-21;;/h3-4,9,12,22H,5-8,10-11,13-14H2,1-2H3,(H,24,27)(H,25,26,28);2*1H. The Morgan fingerprint density at radius 1 is 1.29 bits per heavy atom. The normalized spacial score (nSPS) is 14.8. The minimum atomic E-state index is -0.210. The minimum Gasteiger partial charge on any atom is -0.384 e. The lowest BCUT2D eigenvalue weighted by atomic mass is 9.79. The number of nitrogens with zero attached hydrogens (tertiary/aromatic N) is 2. The molecule has 0 aromatic carbocycles. The Morgan fingerprint density at radius 3 is 2.65 bits per heavy atom. The van der Waals surface area contributed by atoms with Gasteiger partial charge in [-0.05, 0) is 51.4 Å². The second kappa shape index (κ2) is 12.8. The predicted octanol–water partition coefficient (Wildman–Crippen LogP) is 2.05. The van der Waals surface area contributed by atoms with E-state index in [1.54, 1.807) is 32.5 Å². The number of aromatic amines is 1. The smallest absolute Gasteiger partial charge is 0.254 e. The molecule has 0 bridgehead atoms. The molecule has 0 aliphatic carbocycles. The Kier molecular flexibility index (Phi) is 11.1. The summed E-state index contributed by atoms with van der Waals surface area (Å²) in [6.07, 6.45) is 5.87. The highest BCUT2D eigenvalue weighted by Crippen LogP contribution is 2.28. The Labute approximate surface area is 194 Å². The lowest BCUT2D eigenvalue weighted by Gasteiger charge is -2.37. The van der Waals surface area contributed by atoms with Gasteiger partial charge in [-0.15, -0.1) is 24.8 Å². The molecule has 1 amide bonds. The Balaban J connectivity index is 0.00000240. The van der Waals surface area contributed by atoms with Gasteiger partial charge in [-0.25, -0.2) is 4.98 Å². The van der Waals surface area contributed by atoms with Gasteiger partial charge in [0.25, 0.3) is 5.56 Å². The van der Waals surface area contributed by atoms with E-state index in [0.29, 0.717) is 36.7 Å². The fourth-order valence-corrected chi connectivity index (χ4v) is 3.79. The van der Waals surface area contributed by atoms with Crippen LogP contribution in [-0.4, -0.2) is 54.2 Å². The number of hydrogen-bond acceptors (Lipinski definition) is 6. The molecule has 1 aliphatic rings. The van der Waals surface area contributed by atoms with Crippen LogP contribution in [0.3, 0.4) is 0 Å². The van der Waals surface area contributed by atoms with Crippen molar-refractivity contribution in [2.45, 2.75) is 32.6 Å². The monoisotopic (exact) mass is 471 g/mol. The zero-order valence-corrected chi connectivity index (χ0v) is 19.5. The number of methoxy groups -OCH3 is 1. The maximum absolute atomic E-state index is 12.5. The van der Waals surface area contributed by atoms with Crippen LogP contribution in [0.1, 0.15) is 30.5 Å². The summed E-state index contributed by atoms with van der Waals surface area (Å²) in [7, 11) is 1.70. The van der Waals surface area contributed by atoms with Crippen LogP contribution in [0, 0.1) is 12.3 Å². The fourth-order valence-electron chi connectivity index (χ4n) is 3.79. The van der Waals surface area contributed by atoms with Gasteiger partial charge in [-0.3, -0.25) is 14.6 Å². The van der Waals surface area contributed by atoms with Crippen LogP contribution in [0.15, 0.2) is 29.3 Å². The third-order valence-corrected chi connectivity index (χ3v) is 5.53. The average molecular weight is 472 g/mol. The third kappa shape index (κ3) is 7.28. The van der Waals surface area contributed by atoms with Crippen molar-refractivity contribution in [1.82, 2.24) is 25.6 Å². The van der Waals surface area contributed by atoms with Gasteiger partial charge in [-0.2, -0.15) is 0 Å². The largest absolute Gasteiger partial charge is 0.384 e. The number of hydrogen-bond donors (Lipinski definition) is 3. The molecule has 3 rings (SSSR count). The van der Waals surface area contributed by atoms with Crippen molar-refractivity contribution in [3.63, 3.8) is 0 Å². The number of carbonyl (C=O) groups is 1. The van der Waals surface area contributed by atoms with Crippen LogP contribution >= 0.6 is 24.8 Å². The van der Waals surface area contributed by atoms with E-state index in [1.165, 1.54) is 0 Å². The van der Waals surface area contributed by atoms with Gasteiger partial charge in [0.15, 0.2) is 0 Å². The summed E-state index contributed by atoms with van der Waals surface area (Å²) in [4.78, 5) is 36.3. The van der Waals surface area contributed by atoms with Gasteiger partial charge in [-0.1, -0.05) is 0 Å². The van der Waals surface area contributed by atoms with E-state index in [0.717, 1.165) is 31.5 Å². The Bertz CT molecular complexity index is 881. The van der Waals surface area contributed by atoms with Crippen molar-refractivity contribution in [2.75, 3.05) is 33.4 Å². The minimum absolute atomic E-state index is 0. The summed E-state index contributed by atoms with van der Waals surface area (Å²) in [6, 6.07) is 3.64. The number of pyridine rings is 1. The first-order chi connectivity index (χ1) is 14.0. The molecule has 0 unspecified atom stereocenters. The zero-order valence-electron chi connectivity index (χ0n) is 17.9. The van der Waals surface area contributed by atoms with E-state index in [-0.39, 0.29) is 48.1 Å². The highest BCUT2D eigenvalue weighted by atomic mass is 35.5. The van der Waals surface area contributed by atoms with Gasteiger partial charge in [0.1, 0.15) is 5.82 Å². The quantitative estimate of drug-likeness (QED) is 0.543. The predicted molar refractivity (Wildman–Crippen MR) is 125 cm³/mol. The molecule has 8 nitrogen and oxygen atoms in total. The van der Waals surface area contributed by atoms with E-state index < -0.39 is 0 Å². The number of nitrogens with one attached hydrogen (secondary N) is 3. The molecule has 2 aromatic heterocycles.